The van der Waals surface area contributed by atoms with Crippen LogP contribution < -0.4 is 5.32 Å². The van der Waals surface area contributed by atoms with Crippen LogP contribution in [0.25, 0.3) is 0 Å². The van der Waals surface area contributed by atoms with Gasteiger partial charge in [-0.3, -0.25) is 0 Å². The molecule has 9 heteroatoms. The first-order valence-electron chi connectivity index (χ1n) is 6.81. The van der Waals surface area contributed by atoms with Crippen molar-refractivity contribution in [2.45, 2.75) is 26.0 Å². The van der Waals surface area contributed by atoms with E-state index in [2.05, 4.69) is 15.6 Å². The number of hydrogen-bond acceptors (Lipinski definition) is 5. The van der Waals surface area contributed by atoms with E-state index in [1.807, 2.05) is 6.92 Å². The van der Waals surface area contributed by atoms with Gasteiger partial charge in [0.1, 0.15) is 0 Å². The highest BCUT2D eigenvalue weighted by atomic mass is 16.4. The van der Waals surface area contributed by atoms with Gasteiger partial charge < -0.3 is 20.4 Å². The van der Waals surface area contributed by atoms with Gasteiger partial charge in [-0.1, -0.05) is 12.1 Å². The molecule has 1 aliphatic heterocycles. The van der Waals surface area contributed by atoms with Crippen molar-refractivity contribution in [2.24, 2.45) is 5.92 Å². The summed E-state index contributed by atoms with van der Waals surface area (Å²) in [7, 11) is 0. The fraction of sp³-hybridized carbons (Fsp3) is 0.667. The summed E-state index contributed by atoms with van der Waals surface area (Å²) in [5.74, 6) is -1.07. The Labute approximate surface area is 121 Å². The average Bonchev–Trinajstić information content (AvgIpc) is 2.91. The number of aromatic nitrogens is 3. The summed E-state index contributed by atoms with van der Waals surface area (Å²) in [5.41, 5.74) is -0.125. The molecule has 2 unspecified atom stereocenters. The quantitative estimate of drug-likeness (QED) is 0.681. The average molecular weight is 297 g/mol. The van der Waals surface area contributed by atoms with Crippen LogP contribution in [0.4, 0.5) is 4.79 Å². The number of rotatable bonds is 4. The maximum atomic E-state index is 11.9. The molecule has 9 nitrogen and oxygen atoms in total. The minimum atomic E-state index is -1.13. The first-order valence-corrected chi connectivity index (χ1v) is 6.81. The third kappa shape index (κ3) is 3.91. The number of urea groups is 1. The number of carboxylic acid groups (broad SMARTS) is 1. The predicted octanol–water partition coefficient (Wildman–Crippen LogP) is -0.611. The summed E-state index contributed by atoms with van der Waals surface area (Å²) in [6.45, 7) is 3.64. The number of carbonyl (C=O) groups is 2. The van der Waals surface area contributed by atoms with E-state index >= 15 is 0 Å². The molecule has 0 radical (unpaired) electrons. The number of carbonyl (C=O) groups excluding carboxylic acids is 1. The number of hydrogen-bond donors (Lipinski definition) is 3. The monoisotopic (exact) mass is 297 g/mol. The van der Waals surface area contributed by atoms with Gasteiger partial charge >= 0.3 is 12.0 Å². The van der Waals surface area contributed by atoms with Crippen LogP contribution in [-0.4, -0.2) is 67.8 Å². The van der Waals surface area contributed by atoms with Gasteiger partial charge in [-0.05, 0) is 12.3 Å². The normalized spacial score (nSPS) is 22.1. The van der Waals surface area contributed by atoms with E-state index in [9.17, 15) is 14.7 Å². The smallest absolute Gasteiger partial charge is 0.358 e. The van der Waals surface area contributed by atoms with Gasteiger partial charge in [-0.25, -0.2) is 14.3 Å². The molecule has 1 aromatic heterocycles. The Hall–Kier alpha value is -2.16. The van der Waals surface area contributed by atoms with E-state index in [0.29, 0.717) is 32.6 Å². The van der Waals surface area contributed by atoms with Gasteiger partial charge in [0.05, 0.1) is 18.8 Å². The maximum Gasteiger partial charge on any atom is 0.358 e. The molecular weight excluding hydrogens is 278 g/mol. The van der Waals surface area contributed by atoms with Crippen LogP contribution >= 0.6 is 0 Å². The SMILES string of the molecule is CC1CN(C(=O)NCCn2cc(C(=O)O)nn2)CCC1O. The third-order valence-corrected chi connectivity index (χ3v) is 3.52. The molecule has 0 bridgehead atoms. The van der Waals surface area contributed by atoms with Gasteiger partial charge in [-0.15, -0.1) is 5.10 Å². The number of amides is 2. The van der Waals surface area contributed by atoms with Crippen molar-refractivity contribution < 1.29 is 19.8 Å². The standard InChI is InChI=1S/C12H19N5O4/c1-8-6-16(4-2-10(8)18)12(21)13-3-5-17-7-9(11(19)20)14-15-17/h7-8,10,18H,2-6H2,1H3,(H,13,21)(H,19,20). The Kier molecular flexibility index (Phi) is 4.73. The highest BCUT2D eigenvalue weighted by Crippen LogP contribution is 2.16. The zero-order chi connectivity index (χ0) is 15.4. The lowest BCUT2D eigenvalue weighted by Gasteiger charge is -2.34. The second-order valence-corrected chi connectivity index (χ2v) is 5.18. The van der Waals surface area contributed by atoms with Crippen molar-refractivity contribution in [1.29, 1.82) is 0 Å². The topological polar surface area (TPSA) is 121 Å². The van der Waals surface area contributed by atoms with Gasteiger partial charge in [0.2, 0.25) is 0 Å². The third-order valence-electron chi connectivity index (χ3n) is 3.52. The van der Waals surface area contributed by atoms with Crippen molar-refractivity contribution in [2.75, 3.05) is 19.6 Å². The zero-order valence-electron chi connectivity index (χ0n) is 11.8. The van der Waals surface area contributed by atoms with Crippen molar-refractivity contribution in [3.63, 3.8) is 0 Å². The Morgan fingerprint density at radius 3 is 2.90 bits per heavy atom. The predicted molar refractivity (Wildman–Crippen MR) is 71.7 cm³/mol. The Balaban J connectivity index is 1.75. The van der Waals surface area contributed by atoms with Crippen LogP contribution in [0, 0.1) is 5.92 Å². The lowest BCUT2D eigenvalue weighted by atomic mass is 9.97. The molecule has 116 valence electrons. The lowest BCUT2D eigenvalue weighted by Crippen LogP contribution is -2.49. The first-order chi connectivity index (χ1) is 9.97. The molecule has 1 fully saturated rings. The van der Waals surface area contributed by atoms with E-state index in [1.165, 1.54) is 10.9 Å². The van der Waals surface area contributed by atoms with Gasteiger partial charge in [0.25, 0.3) is 0 Å². The summed E-state index contributed by atoms with van der Waals surface area (Å²) < 4.78 is 1.37. The van der Waals surface area contributed by atoms with Crippen molar-refractivity contribution >= 4 is 12.0 Å². The van der Waals surface area contributed by atoms with Gasteiger partial charge in [0, 0.05) is 19.6 Å². The van der Waals surface area contributed by atoms with Crippen LogP contribution in [-0.2, 0) is 6.54 Å². The first kappa shape index (κ1) is 15.2. The molecule has 2 rings (SSSR count). The molecule has 0 aromatic carbocycles. The fourth-order valence-corrected chi connectivity index (χ4v) is 2.21. The number of nitrogens with one attached hydrogen (secondary N) is 1. The number of aromatic carboxylic acids is 1. The molecule has 3 N–H and O–H groups in total. The Morgan fingerprint density at radius 1 is 1.52 bits per heavy atom. The molecule has 0 saturated carbocycles. The molecular formula is C12H19N5O4. The highest BCUT2D eigenvalue weighted by Gasteiger charge is 2.26. The maximum absolute atomic E-state index is 11.9. The fourth-order valence-electron chi connectivity index (χ4n) is 2.21. The summed E-state index contributed by atoms with van der Waals surface area (Å²) in [6.07, 6.45) is 1.55. The zero-order valence-corrected chi connectivity index (χ0v) is 11.8. The van der Waals surface area contributed by atoms with E-state index in [0.717, 1.165) is 0 Å². The van der Waals surface area contributed by atoms with E-state index < -0.39 is 5.97 Å². The van der Waals surface area contributed by atoms with E-state index in [1.54, 1.807) is 4.90 Å². The number of nitrogens with zero attached hydrogens (tertiary/aromatic N) is 4. The molecule has 2 heterocycles. The van der Waals surface area contributed by atoms with Crippen LogP contribution in [0.15, 0.2) is 6.20 Å². The largest absolute Gasteiger partial charge is 0.476 e. The number of piperidine rings is 1. The number of aliphatic hydroxyl groups is 1. The molecule has 0 spiro atoms. The van der Waals surface area contributed by atoms with Crippen LogP contribution in [0.3, 0.4) is 0 Å². The van der Waals surface area contributed by atoms with Crippen molar-refractivity contribution in [3.05, 3.63) is 11.9 Å². The molecule has 1 saturated heterocycles. The summed E-state index contributed by atoms with van der Waals surface area (Å²) in [4.78, 5) is 24.3. The Bertz CT molecular complexity index is 518. The van der Waals surface area contributed by atoms with Gasteiger partial charge in [-0.2, -0.15) is 0 Å². The second-order valence-electron chi connectivity index (χ2n) is 5.18. The van der Waals surface area contributed by atoms with Crippen LogP contribution in [0.5, 0.6) is 0 Å². The molecule has 1 aliphatic rings. The second kappa shape index (κ2) is 6.53. The van der Waals surface area contributed by atoms with Crippen LogP contribution in [0.1, 0.15) is 23.8 Å². The number of carboxylic acids is 1. The lowest BCUT2D eigenvalue weighted by molar-refractivity contribution is 0.0480. The molecule has 2 atom stereocenters. The number of likely N-dealkylation sites (tertiary alicyclic amines) is 1. The summed E-state index contributed by atoms with van der Waals surface area (Å²) >= 11 is 0. The molecule has 21 heavy (non-hydrogen) atoms. The van der Waals surface area contributed by atoms with Crippen LogP contribution in [0.2, 0.25) is 0 Å². The molecule has 0 aliphatic carbocycles. The highest BCUT2D eigenvalue weighted by molar-refractivity contribution is 5.84. The number of aliphatic hydroxyl groups excluding tert-OH is 1. The minimum absolute atomic E-state index is 0.0675. The van der Waals surface area contributed by atoms with Crippen molar-refractivity contribution in [1.82, 2.24) is 25.2 Å². The summed E-state index contributed by atoms with van der Waals surface area (Å²) in [6, 6.07) is -0.188. The van der Waals surface area contributed by atoms with E-state index in [4.69, 9.17) is 5.11 Å². The minimum Gasteiger partial charge on any atom is -0.476 e. The molecule has 1 aromatic rings. The van der Waals surface area contributed by atoms with E-state index in [-0.39, 0.29) is 23.7 Å². The Morgan fingerprint density at radius 2 is 2.29 bits per heavy atom. The summed E-state index contributed by atoms with van der Waals surface area (Å²) in [5, 5.41) is 28.2. The van der Waals surface area contributed by atoms with Crippen molar-refractivity contribution in [3.8, 4) is 0 Å². The van der Waals surface area contributed by atoms with Gasteiger partial charge in [0.15, 0.2) is 5.69 Å². The molecule has 2 amide bonds.